The molecule has 2 rings (SSSR count). The van der Waals surface area contributed by atoms with Crippen molar-refractivity contribution < 1.29 is 9.59 Å². The Hall–Kier alpha value is -3.64. The summed E-state index contributed by atoms with van der Waals surface area (Å²) in [7, 11) is 0. The molecule has 0 spiro atoms. The Labute approximate surface area is 152 Å². The maximum atomic E-state index is 10.8. The molecule has 0 heterocycles. The Kier molecular flexibility index (Phi) is 6.47. The summed E-state index contributed by atoms with van der Waals surface area (Å²) in [5.41, 5.74) is 2.39. The first-order valence-electron chi connectivity index (χ1n) is 8.13. The Bertz CT molecular complexity index is 832. The van der Waals surface area contributed by atoms with Crippen LogP contribution in [-0.2, 0) is 0 Å². The smallest absolute Gasteiger partial charge is 0.184 e. The molecule has 6 heteroatoms. The van der Waals surface area contributed by atoms with Crippen LogP contribution in [0.5, 0.6) is 0 Å². The number of nitriles is 2. The van der Waals surface area contributed by atoms with Crippen LogP contribution in [0.3, 0.4) is 0 Å². The fourth-order valence-electron chi connectivity index (χ4n) is 2.60. The minimum atomic E-state index is -0.229. The monoisotopic (exact) mass is 346 g/mol. The van der Waals surface area contributed by atoms with Gasteiger partial charge in [-0.05, 0) is 55.0 Å². The molecular formula is C20H18N4O2. The second kappa shape index (κ2) is 9.00. The highest BCUT2D eigenvalue weighted by Crippen LogP contribution is 2.21. The van der Waals surface area contributed by atoms with Crippen LogP contribution < -0.4 is 9.80 Å². The fourth-order valence-corrected chi connectivity index (χ4v) is 2.60. The van der Waals surface area contributed by atoms with Crippen LogP contribution in [0.4, 0.5) is 11.4 Å². The van der Waals surface area contributed by atoms with Gasteiger partial charge >= 0.3 is 0 Å². The molecule has 0 radical (unpaired) electrons. The molecule has 0 saturated heterocycles. The Morgan fingerprint density at radius 2 is 1.38 bits per heavy atom. The van der Waals surface area contributed by atoms with Gasteiger partial charge in [-0.3, -0.25) is 19.4 Å². The van der Waals surface area contributed by atoms with Crippen LogP contribution >= 0.6 is 0 Å². The summed E-state index contributed by atoms with van der Waals surface area (Å²) in [6, 6.07) is 13.2. The van der Waals surface area contributed by atoms with Crippen molar-refractivity contribution in [3.8, 4) is 12.4 Å². The minimum absolute atomic E-state index is 0.229. The molecule has 0 amide bonds. The predicted molar refractivity (Wildman–Crippen MR) is 98.8 cm³/mol. The first-order valence-corrected chi connectivity index (χ1v) is 8.13. The highest BCUT2D eigenvalue weighted by atomic mass is 16.1. The molecule has 130 valence electrons. The lowest BCUT2D eigenvalue weighted by Gasteiger charge is -2.29. The number of carbonyl (C=O) groups excluding carboxylic acids is 2. The van der Waals surface area contributed by atoms with E-state index < -0.39 is 0 Å². The molecule has 0 aliphatic rings. The van der Waals surface area contributed by atoms with E-state index in [9.17, 15) is 20.1 Å². The quantitative estimate of drug-likeness (QED) is 0.414. The summed E-state index contributed by atoms with van der Waals surface area (Å²) in [5.74, 6) is 0. The summed E-state index contributed by atoms with van der Waals surface area (Å²) in [5, 5.41) is 19.1. The Morgan fingerprint density at radius 3 is 1.77 bits per heavy atom. The van der Waals surface area contributed by atoms with Crippen LogP contribution in [0.1, 0.15) is 34.1 Å². The molecule has 6 nitrogen and oxygen atoms in total. The molecule has 0 aromatic heterocycles. The molecule has 1 atom stereocenters. The topological polar surface area (TPSA) is 88.2 Å². The first kappa shape index (κ1) is 18.7. The van der Waals surface area contributed by atoms with E-state index >= 15 is 0 Å². The fraction of sp³-hybridized carbons (Fsp3) is 0.200. The van der Waals surface area contributed by atoms with Gasteiger partial charge in [-0.2, -0.15) is 10.5 Å². The van der Waals surface area contributed by atoms with Gasteiger partial charge in [0.25, 0.3) is 0 Å². The minimum Gasteiger partial charge on any atom is -0.298 e. The third-order valence-electron chi connectivity index (χ3n) is 4.11. The number of anilines is 2. The number of benzene rings is 2. The van der Waals surface area contributed by atoms with Crippen LogP contribution in [0.2, 0.25) is 0 Å². The molecule has 0 saturated carbocycles. The second-order valence-corrected chi connectivity index (χ2v) is 5.66. The van der Waals surface area contributed by atoms with E-state index in [0.717, 1.165) is 12.6 Å². The predicted octanol–water partition coefficient (Wildman–Crippen LogP) is 3.37. The summed E-state index contributed by atoms with van der Waals surface area (Å²) in [4.78, 5) is 24.6. The average molecular weight is 346 g/mol. The van der Waals surface area contributed by atoms with Crippen LogP contribution in [-0.4, -0.2) is 25.2 Å². The van der Waals surface area contributed by atoms with E-state index in [2.05, 4.69) is 12.4 Å². The molecule has 0 aliphatic carbocycles. The van der Waals surface area contributed by atoms with Gasteiger partial charge in [-0.25, -0.2) is 0 Å². The van der Waals surface area contributed by atoms with Crippen molar-refractivity contribution in [3.05, 3.63) is 59.7 Å². The van der Waals surface area contributed by atoms with Crippen molar-refractivity contribution in [2.45, 2.75) is 19.4 Å². The summed E-state index contributed by atoms with van der Waals surface area (Å²) in [6.07, 6.45) is 6.44. The number of rotatable bonds is 8. The number of carbonyl (C=O) groups is 2. The third-order valence-corrected chi connectivity index (χ3v) is 4.11. The average Bonchev–Trinajstić information content (AvgIpc) is 2.71. The summed E-state index contributed by atoms with van der Waals surface area (Å²) in [6.45, 7) is 2.26. The van der Waals surface area contributed by atoms with Crippen LogP contribution in [0.15, 0.2) is 48.5 Å². The van der Waals surface area contributed by atoms with E-state index in [1.165, 1.54) is 4.90 Å². The molecule has 0 aliphatic heterocycles. The van der Waals surface area contributed by atoms with Gasteiger partial charge in [0.2, 0.25) is 0 Å². The van der Waals surface area contributed by atoms with Crippen molar-refractivity contribution in [3.63, 3.8) is 0 Å². The van der Waals surface area contributed by atoms with E-state index in [0.29, 0.717) is 35.5 Å². The number of hydrogen-bond acceptors (Lipinski definition) is 6. The molecule has 0 N–H and O–H groups in total. The van der Waals surface area contributed by atoms with Crippen molar-refractivity contribution in [2.75, 3.05) is 16.3 Å². The lowest BCUT2D eigenvalue weighted by Crippen LogP contribution is -2.40. The van der Waals surface area contributed by atoms with Crippen LogP contribution in [0.25, 0.3) is 0 Å². The van der Waals surface area contributed by atoms with Gasteiger partial charge in [0, 0.05) is 11.1 Å². The van der Waals surface area contributed by atoms with E-state index in [1.54, 1.807) is 53.4 Å². The highest BCUT2D eigenvalue weighted by Gasteiger charge is 2.21. The van der Waals surface area contributed by atoms with E-state index in [-0.39, 0.29) is 6.04 Å². The van der Waals surface area contributed by atoms with Crippen molar-refractivity contribution in [1.82, 2.24) is 0 Å². The lowest BCUT2D eigenvalue weighted by atomic mass is 10.1. The van der Waals surface area contributed by atoms with Gasteiger partial charge < -0.3 is 0 Å². The van der Waals surface area contributed by atoms with Gasteiger partial charge in [-0.15, -0.1) is 0 Å². The molecule has 0 fully saturated rings. The van der Waals surface area contributed by atoms with Gasteiger partial charge in [0.1, 0.15) is 12.6 Å². The summed E-state index contributed by atoms with van der Waals surface area (Å²) >= 11 is 0. The SMILES string of the molecule is CCC(CN(C#N)c1ccc(C=O)cc1)N(C#N)c1ccc(C=O)cc1. The van der Waals surface area contributed by atoms with Crippen molar-refractivity contribution in [2.24, 2.45) is 0 Å². The van der Waals surface area contributed by atoms with Gasteiger partial charge in [-0.1, -0.05) is 6.92 Å². The normalized spacial score (nSPS) is 10.9. The molecule has 26 heavy (non-hydrogen) atoms. The maximum absolute atomic E-state index is 10.8. The molecule has 2 aromatic rings. The number of nitrogens with zero attached hydrogens (tertiary/aromatic N) is 4. The molecular weight excluding hydrogens is 328 g/mol. The Balaban J connectivity index is 2.23. The first-order chi connectivity index (χ1) is 12.7. The zero-order chi connectivity index (χ0) is 18.9. The zero-order valence-electron chi connectivity index (χ0n) is 14.4. The van der Waals surface area contributed by atoms with Gasteiger partial charge in [0.15, 0.2) is 12.4 Å². The highest BCUT2D eigenvalue weighted by molar-refractivity contribution is 5.76. The van der Waals surface area contributed by atoms with Crippen LogP contribution in [0, 0.1) is 22.9 Å². The lowest BCUT2D eigenvalue weighted by molar-refractivity contribution is 0.111. The van der Waals surface area contributed by atoms with Gasteiger partial charge in [0.05, 0.1) is 24.0 Å². The van der Waals surface area contributed by atoms with E-state index in [4.69, 9.17) is 0 Å². The third kappa shape index (κ3) is 4.25. The van der Waals surface area contributed by atoms with Crippen molar-refractivity contribution >= 4 is 23.9 Å². The standard InChI is InChI=1S/C20H18N4O2/c1-2-18(24(15-22)20-9-5-17(13-26)6-10-20)11-23(14-21)19-7-3-16(12-25)4-8-19/h3-10,12-13,18H,2,11H2,1H3. The molecule has 2 aromatic carbocycles. The van der Waals surface area contributed by atoms with Crippen molar-refractivity contribution in [1.29, 1.82) is 10.5 Å². The number of hydrogen-bond donors (Lipinski definition) is 0. The molecule has 0 bridgehead atoms. The molecule has 1 unspecified atom stereocenters. The zero-order valence-corrected chi connectivity index (χ0v) is 14.4. The second-order valence-electron chi connectivity index (χ2n) is 5.66. The van der Waals surface area contributed by atoms with E-state index in [1.807, 2.05) is 6.92 Å². The largest absolute Gasteiger partial charge is 0.298 e. The Morgan fingerprint density at radius 1 is 0.885 bits per heavy atom. The maximum Gasteiger partial charge on any atom is 0.184 e. The summed E-state index contributed by atoms with van der Waals surface area (Å²) < 4.78 is 0. The number of aldehydes is 2.